The minimum absolute atomic E-state index is 0. The normalized spacial score (nSPS) is 4.46. The van der Waals surface area contributed by atoms with Crippen LogP contribution in [0.2, 0.25) is 0 Å². The first-order valence-electron chi connectivity index (χ1n) is 0.667. The predicted molar refractivity (Wildman–Crippen MR) is 21.6 cm³/mol. The van der Waals surface area contributed by atoms with Gasteiger partial charge in [-0.3, -0.25) is 8.42 Å². The molecule has 6 N–H and O–H groups in total. The van der Waals surface area contributed by atoms with Gasteiger partial charge in [-0.05, 0) is 0 Å². The molecule has 0 aliphatic carbocycles. The standard InChI is InChI=1S/Mo.2Na.H2O4S.4H2O.Zn/c;;;1-5(2,3)4;;;;;/h;;;(H2,1,2,3,4);4*1H2;/q;2*+1;;;;;;+2/p-4. The zero-order valence-corrected chi connectivity index (χ0v) is 16.8. The SMILES string of the molecule is O.O.O=S(=O)([O-])[O-].[Mo].[Na+].[Na+].[OH-].[OH-].[Zn+2]. The van der Waals surface area contributed by atoms with E-state index in [1.807, 2.05) is 0 Å². The molecule has 0 aromatic carbocycles. The van der Waals surface area contributed by atoms with Crippen LogP contribution in [0, 0.1) is 0 Å². The van der Waals surface area contributed by atoms with Gasteiger partial charge in [-0.1, -0.05) is 0 Å². The third-order valence-electron chi connectivity index (χ3n) is 0. The minimum atomic E-state index is -5.17. The van der Waals surface area contributed by atoms with Crippen LogP contribution in [0.5, 0.6) is 0 Å². The Kier molecular flexibility index (Phi) is 205. The first-order valence-corrected chi connectivity index (χ1v) is 2.00. The van der Waals surface area contributed by atoms with Crippen molar-refractivity contribution in [3.8, 4) is 0 Å². The summed E-state index contributed by atoms with van der Waals surface area (Å²) in [6, 6.07) is 0. The van der Waals surface area contributed by atoms with E-state index in [-0.39, 0.29) is 122 Å². The summed E-state index contributed by atoms with van der Waals surface area (Å²) in [5, 5.41) is 0. The molecule has 0 aliphatic heterocycles. The van der Waals surface area contributed by atoms with Gasteiger partial charge in [0.2, 0.25) is 0 Å². The second-order valence-electron chi connectivity index (χ2n) is 0.408. The molecule has 0 bridgehead atoms. The second-order valence-corrected chi connectivity index (χ2v) is 1.22. The molecule has 8 nitrogen and oxygen atoms in total. The van der Waals surface area contributed by atoms with E-state index in [0.717, 1.165) is 0 Å². The predicted octanol–water partition coefficient (Wildman–Crippen LogP) is -9.34. The molecule has 0 radical (unpaired) electrons. The van der Waals surface area contributed by atoms with Crippen LogP contribution in [0.4, 0.5) is 0 Å². The molecule has 0 rings (SSSR count). The van der Waals surface area contributed by atoms with Crippen molar-refractivity contribution in [2.75, 3.05) is 0 Å². The van der Waals surface area contributed by atoms with Gasteiger partial charge in [-0.2, -0.15) is 0 Å². The Morgan fingerprint density at radius 2 is 0.846 bits per heavy atom. The van der Waals surface area contributed by atoms with Gasteiger partial charge < -0.3 is 31.0 Å². The molecule has 0 saturated heterocycles. The van der Waals surface area contributed by atoms with Crippen LogP contribution in [0.3, 0.4) is 0 Å². The van der Waals surface area contributed by atoms with Gasteiger partial charge in [-0.15, -0.1) is 0 Å². The fraction of sp³-hybridized carbons (Fsp3) is 0. The van der Waals surface area contributed by atoms with Crippen LogP contribution in [0.25, 0.3) is 0 Å². The summed E-state index contributed by atoms with van der Waals surface area (Å²) in [6.45, 7) is 0. The maximum atomic E-state index is 8.52. The summed E-state index contributed by atoms with van der Waals surface area (Å²) in [5.41, 5.74) is 0. The molecular formula is H6MoNa2O8SZn. The van der Waals surface area contributed by atoms with E-state index < -0.39 is 10.4 Å². The van der Waals surface area contributed by atoms with E-state index in [0.29, 0.717) is 0 Å². The summed E-state index contributed by atoms with van der Waals surface area (Å²) in [6.07, 6.45) is 0. The third kappa shape index (κ3) is 279. The molecule has 0 aromatic rings. The summed E-state index contributed by atoms with van der Waals surface area (Å²) < 4.78 is 34.1. The van der Waals surface area contributed by atoms with Crippen molar-refractivity contribution < 1.29 is 139 Å². The molecule has 0 unspecified atom stereocenters. The second kappa shape index (κ2) is 36.3. The molecule has 13 heavy (non-hydrogen) atoms. The monoisotopic (exact) mass is 374 g/mol. The Morgan fingerprint density at radius 3 is 0.846 bits per heavy atom. The molecule has 70 valence electrons. The molecule has 0 aliphatic rings. The maximum Gasteiger partial charge on any atom is 2.00 e. The van der Waals surface area contributed by atoms with E-state index in [2.05, 4.69) is 0 Å². The molecule has 13 heteroatoms. The van der Waals surface area contributed by atoms with E-state index in [4.69, 9.17) is 17.5 Å². The van der Waals surface area contributed by atoms with Gasteiger partial charge in [0, 0.05) is 31.5 Å². The molecule has 0 fully saturated rings. The molecule has 0 saturated carbocycles. The van der Waals surface area contributed by atoms with Crippen LogP contribution in [0.15, 0.2) is 0 Å². The first kappa shape index (κ1) is 73.3. The molecule has 0 heterocycles. The fourth-order valence-corrected chi connectivity index (χ4v) is 0. The minimum Gasteiger partial charge on any atom is -0.870 e. The molecule has 0 spiro atoms. The Bertz CT molecular complexity index is 105. The van der Waals surface area contributed by atoms with Crippen molar-refractivity contribution >= 4 is 10.4 Å². The number of rotatable bonds is 0. The Balaban J connectivity index is -0.00000000286. The van der Waals surface area contributed by atoms with Crippen molar-refractivity contribution in [2.24, 2.45) is 0 Å². The van der Waals surface area contributed by atoms with Crippen LogP contribution >= 0.6 is 0 Å². The average Bonchev–Trinajstić information content (AvgIpc) is 0.722. The zero-order valence-electron chi connectivity index (χ0n) is 7.05. The Morgan fingerprint density at radius 1 is 0.846 bits per heavy atom. The van der Waals surface area contributed by atoms with Crippen molar-refractivity contribution in [3.05, 3.63) is 0 Å². The Labute approximate surface area is 147 Å². The van der Waals surface area contributed by atoms with Crippen LogP contribution < -0.4 is 59.1 Å². The van der Waals surface area contributed by atoms with Crippen molar-refractivity contribution in [2.45, 2.75) is 0 Å². The van der Waals surface area contributed by atoms with Gasteiger partial charge in [-0.25, -0.2) is 0 Å². The summed E-state index contributed by atoms with van der Waals surface area (Å²) in [5.74, 6) is 0. The van der Waals surface area contributed by atoms with Gasteiger partial charge in [0.25, 0.3) is 0 Å². The first-order chi connectivity index (χ1) is 2.00. The van der Waals surface area contributed by atoms with Gasteiger partial charge in [0.05, 0.1) is 0 Å². The van der Waals surface area contributed by atoms with Crippen LogP contribution in [-0.4, -0.2) is 39.4 Å². The third-order valence-corrected chi connectivity index (χ3v) is 0. The molecule has 0 amide bonds. The number of hydrogen-bond acceptors (Lipinski definition) is 6. The van der Waals surface area contributed by atoms with Crippen molar-refractivity contribution in [3.63, 3.8) is 0 Å². The van der Waals surface area contributed by atoms with Crippen LogP contribution in [0.1, 0.15) is 0 Å². The van der Waals surface area contributed by atoms with Gasteiger partial charge in [0.1, 0.15) is 0 Å². The van der Waals surface area contributed by atoms with Crippen LogP contribution in [-0.2, 0) is 50.9 Å². The quantitative estimate of drug-likeness (QED) is 0.229. The van der Waals surface area contributed by atoms with Gasteiger partial charge >= 0.3 is 78.6 Å². The molecule has 0 atom stereocenters. The van der Waals surface area contributed by atoms with E-state index in [1.165, 1.54) is 0 Å². The summed E-state index contributed by atoms with van der Waals surface area (Å²) in [7, 11) is -5.17. The molecule has 0 aromatic heterocycles. The summed E-state index contributed by atoms with van der Waals surface area (Å²) >= 11 is 0. The average molecular weight is 373 g/mol. The topological polar surface area (TPSA) is 203 Å². The largest absolute Gasteiger partial charge is 2.00 e. The maximum absolute atomic E-state index is 8.52. The Hall–Kier alpha value is 3.02. The van der Waals surface area contributed by atoms with E-state index in [1.54, 1.807) is 0 Å². The summed E-state index contributed by atoms with van der Waals surface area (Å²) in [4.78, 5) is 0. The smallest absolute Gasteiger partial charge is 0.870 e. The number of hydrogen-bond donors (Lipinski definition) is 0. The van der Waals surface area contributed by atoms with E-state index >= 15 is 0 Å². The molecular weight excluding hydrogens is 367 g/mol. The fourth-order valence-electron chi connectivity index (χ4n) is 0. The zero-order chi connectivity index (χ0) is 4.50. The van der Waals surface area contributed by atoms with Crippen molar-refractivity contribution in [1.82, 2.24) is 0 Å². The van der Waals surface area contributed by atoms with Crippen molar-refractivity contribution in [1.29, 1.82) is 0 Å². The van der Waals surface area contributed by atoms with Gasteiger partial charge in [0.15, 0.2) is 0 Å². The van der Waals surface area contributed by atoms with E-state index in [9.17, 15) is 0 Å².